The Morgan fingerprint density at radius 3 is 2.52 bits per heavy atom. The summed E-state index contributed by atoms with van der Waals surface area (Å²) in [5.74, 6) is 0. The van der Waals surface area contributed by atoms with E-state index in [2.05, 4.69) is 25.5 Å². The third-order valence-corrected chi connectivity index (χ3v) is 3.47. The molecule has 0 heterocycles. The summed E-state index contributed by atoms with van der Waals surface area (Å²) in [7, 11) is 4.18. The lowest BCUT2D eigenvalue weighted by Crippen LogP contribution is -3.04. The van der Waals surface area contributed by atoms with Crippen molar-refractivity contribution in [2.24, 2.45) is 0 Å². The number of nitrogens with zero attached hydrogens (tertiary/aromatic N) is 2. The largest absolute Gasteiger partial charge is 0.380 e. The fourth-order valence-electron chi connectivity index (χ4n) is 2.37. The maximum absolute atomic E-state index is 10.8. The van der Waals surface area contributed by atoms with Crippen molar-refractivity contribution < 1.29 is 9.82 Å². The summed E-state index contributed by atoms with van der Waals surface area (Å²) in [6.45, 7) is 1.47. The van der Waals surface area contributed by atoms with E-state index in [9.17, 15) is 15.4 Å². The summed E-state index contributed by atoms with van der Waals surface area (Å²) >= 11 is 0. The van der Waals surface area contributed by atoms with Gasteiger partial charge in [-0.15, -0.1) is 0 Å². The lowest BCUT2D eigenvalue weighted by atomic mass is 10.1. The standard InChI is InChI=1S/C17H18N4O2/c1-20(2)12-14-6-4-3-5-13(14)11-19-17-8-7-16(21(22)23)9-15(17)10-18/h3-9,19H,11-12H2,1-2H3/p+1. The van der Waals surface area contributed by atoms with Crippen molar-refractivity contribution in [3.05, 3.63) is 69.3 Å². The molecule has 6 heteroatoms. The second-order valence-electron chi connectivity index (χ2n) is 5.60. The lowest BCUT2D eigenvalue weighted by Gasteiger charge is -2.14. The fraction of sp³-hybridized carbons (Fsp3) is 0.235. The van der Waals surface area contributed by atoms with Crippen LogP contribution in [0.25, 0.3) is 0 Å². The number of benzene rings is 2. The van der Waals surface area contributed by atoms with Crippen molar-refractivity contribution in [2.45, 2.75) is 13.1 Å². The average Bonchev–Trinajstić information content (AvgIpc) is 2.53. The molecule has 23 heavy (non-hydrogen) atoms. The quantitative estimate of drug-likeness (QED) is 0.628. The van der Waals surface area contributed by atoms with Crippen LogP contribution in [0.5, 0.6) is 0 Å². The normalized spacial score (nSPS) is 10.3. The SMILES string of the molecule is C[NH+](C)Cc1ccccc1CNc1ccc([N+](=O)[O-])cc1C#N. The molecule has 0 fully saturated rings. The van der Waals surface area contributed by atoms with Crippen molar-refractivity contribution >= 4 is 11.4 Å². The van der Waals surface area contributed by atoms with Crippen LogP contribution in [0.2, 0.25) is 0 Å². The van der Waals surface area contributed by atoms with Crippen molar-refractivity contribution in [3.63, 3.8) is 0 Å². The molecule has 6 nitrogen and oxygen atoms in total. The highest BCUT2D eigenvalue weighted by molar-refractivity contribution is 5.61. The minimum Gasteiger partial charge on any atom is -0.380 e. The van der Waals surface area contributed by atoms with Crippen molar-refractivity contribution in [3.8, 4) is 6.07 Å². The van der Waals surface area contributed by atoms with Gasteiger partial charge in [-0.25, -0.2) is 0 Å². The van der Waals surface area contributed by atoms with E-state index in [0.717, 1.165) is 12.1 Å². The van der Waals surface area contributed by atoms with Crippen LogP contribution >= 0.6 is 0 Å². The number of nitro benzene ring substituents is 1. The molecule has 2 aromatic carbocycles. The molecule has 0 spiro atoms. The van der Waals surface area contributed by atoms with Gasteiger partial charge in [0.2, 0.25) is 0 Å². The van der Waals surface area contributed by atoms with Crippen molar-refractivity contribution in [1.82, 2.24) is 0 Å². The Morgan fingerprint density at radius 2 is 1.91 bits per heavy atom. The Morgan fingerprint density at radius 1 is 1.22 bits per heavy atom. The molecular weight excluding hydrogens is 292 g/mol. The van der Waals surface area contributed by atoms with Gasteiger partial charge < -0.3 is 10.2 Å². The van der Waals surface area contributed by atoms with Crippen LogP contribution < -0.4 is 10.2 Å². The third-order valence-electron chi connectivity index (χ3n) is 3.47. The number of nitrogens with one attached hydrogen (secondary N) is 2. The van der Waals surface area contributed by atoms with Crippen molar-refractivity contribution in [1.29, 1.82) is 5.26 Å². The molecule has 0 atom stereocenters. The Bertz CT molecular complexity index is 750. The van der Waals surface area contributed by atoms with Gasteiger partial charge in [-0.3, -0.25) is 10.1 Å². The van der Waals surface area contributed by atoms with E-state index in [-0.39, 0.29) is 11.3 Å². The molecule has 0 unspecified atom stereocenters. The van der Waals surface area contributed by atoms with E-state index in [4.69, 9.17) is 0 Å². The highest BCUT2D eigenvalue weighted by Crippen LogP contribution is 2.22. The number of quaternary nitrogens is 1. The van der Waals surface area contributed by atoms with Gasteiger partial charge in [0.25, 0.3) is 5.69 Å². The zero-order valence-corrected chi connectivity index (χ0v) is 13.2. The molecule has 2 N–H and O–H groups in total. The Kier molecular flexibility index (Phi) is 5.28. The van der Waals surface area contributed by atoms with Gasteiger partial charge in [0.1, 0.15) is 12.6 Å². The van der Waals surface area contributed by atoms with Gasteiger partial charge in [-0.2, -0.15) is 5.26 Å². The van der Waals surface area contributed by atoms with E-state index < -0.39 is 4.92 Å². The Labute approximate surface area is 135 Å². The maximum atomic E-state index is 10.8. The van der Waals surface area contributed by atoms with Gasteiger partial charge in [-0.1, -0.05) is 24.3 Å². The molecule has 0 aromatic heterocycles. The minimum atomic E-state index is -0.500. The molecule has 0 saturated heterocycles. The molecule has 118 valence electrons. The van der Waals surface area contributed by atoms with E-state index in [1.165, 1.54) is 22.6 Å². The van der Waals surface area contributed by atoms with Crippen LogP contribution in [0.3, 0.4) is 0 Å². The minimum absolute atomic E-state index is 0.0799. The zero-order chi connectivity index (χ0) is 16.8. The van der Waals surface area contributed by atoms with Crippen LogP contribution in [-0.4, -0.2) is 19.0 Å². The molecule has 2 aromatic rings. The lowest BCUT2D eigenvalue weighted by molar-refractivity contribution is -0.872. The van der Waals surface area contributed by atoms with Gasteiger partial charge in [0.05, 0.1) is 30.3 Å². The first-order valence-corrected chi connectivity index (χ1v) is 7.29. The summed E-state index contributed by atoms with van der Waals surface area (Å²) in [5, 5.41) is 23.2. The molecule has 0 aliphatic rings. The van der Waals surface area contributed by atoms with E-state index >= 15 is 0 Å². The molecule has 0 bridgehead atoms. The second kappa shape index (κ2) is 7.38. The number of non-ortho nitro benzene ring substituents is 1. The zero-order valence-electron chi connectivity index (χ0n) is 13.2. The summed E-state index contributed by atoms with van der Waals surface area (Å²) in [5.41, 5.74) is 3.18. The predicted octanol–water partition coefficient (Wildman–Crippen LogP) is 1.72. The van der Waals surface area contributed by atoms with Gasteiger partial charge in [0.15, 0.2) is 0 Å². The monoisotopic (exact) mass is 311 g/mol. The van der Waals surface area contributed by atoms with Crippen LogP contribution in [0.1, 0.15) is 16.7 Å². The summed E-state index contributed by atoms with van der Waals surface area (Å²) in [4.78, 5) is 11.6. The first-order chi connectivity index (χ1) is 11.0. The number of anilines is 1. The van der Waals surface area contributed by atoms with Crippen LogP contribution in [-0.2, 0) is 13.1 Å². The van der Waals surface area contributed by atoms with E-state index in [1.54, 1.807) is 6.07 Å². The third kappa shape index (κ3) is 4.28. The predicted molar refractivity (Wildman–Crippen MR) is 88.1 cm³/mol. The fourth-order valence-corrected chi connectivity index (χ4v) is 2.37. The summed E-state index contributed by atoms with van der Waals surface area (Å²) in [6.07, 6.45) is 0. The number of hydrogen-bond acceptors (Lipinski definition) is 4. The Hall–Kier alpha value is -2.91. The summed E-state index contributed by atoms with van der Waals surface area (Å²) < 4.78 is 0. The Balaban J connectivity index is 2.19. The van der Waals surface area contributed by atoms with Gasteiger partial charge >= 0.3 is 0 Å². The number of nitro groups is 1. The molecular formula is C17H19N4O2+. The molecule has 0 aliphatic carbocycles. The molecule has 0 aliphatic heterocycles. The van der Waals surface area contributed by atoms with Gasteiger partial charge in [-0.05, 0) is 11.6 Å². The van der Waals surface area contributed by atoms with Crippen LogP contribution in [0.15, 0.2) is 42.5 Å². The molecule has 2 rings (SSSR count). The van der Waals surface area contributed by atoms with E-state index in [1.807, 2.05) is 24.3 Å². The number of rotatable bonds is 6. The average molecular weight is 311 g/mol. The number of hydrogen-bond donors (Lipinski definition) is 2. The topological polar surface area (TPSA) is 83.4 Å². The highest BCUT2D eigenvalue weighted by atomic mass is 16.6. The molecule has 0 saturated carbocycles. The maximum Gasteiger partial charge on any atom is 0.270 e. The smallest absolute Gasteiger partial charge is 0.270 e. The first kappa shape index (κ1) is 16.5. The summed E-state index contributed by atoms with van der Waals surface area (Å²) in [6, 6.07) is 14.4. The van der Waals surface area contributed by atoms with Gasteiger partial charge in [0, 0.05) is 24.2 Å². The highest BCUT2D eigenvalue weighted by Gasteiger charge is 2.11. The first-order valence-electron chi connectivity index (χ1n) is 7.29. The second-order valence-corrected chi connectivity index (χ2v) is 5.60. The molecule has 0 radical (unpaired) electrons. The van der Waals surface area contributed by atoms with Crippen LogP contribution in [0.4, 0.5) is 11.4 Å². The van der Waals surface area contributed by atoms with E-state index in [0.29, 0.717) is 12.2 Å². The van der Waals surface area contributed by atoms with Crippen LogP contribution in [0, 0.1) is 21.4 Å². The number of nitriles is 1. The molecule has 0 amide bonds. The van der Waals surface area contributed by atoms with Crippen molar-refractivity contribution in [2.75, 3.05) is 19.4 Å².